The van der Waals surface area contributed by atoms with E-state index in [0.29, 0.717) is 6.61 Å². The normalized spacial score (nSPS) is 26.2. The second-order valence-electron chi connectivity index (χ2n) is 4.77. The van der Waals surface area contributed by atoms with Gasteiger partial charge < -0.3 is 19.5 Å². The van der Waals surface area contributed by atoms with Crippen LogP contribution in [0.4, 0.5) is 5.69 Å². The van der Waals surface area contributed by atoms with E-state index < -0.39 is 5.91 Å². The van der Waals surface area contributed by atoms with Crippen LogP contribution in [0.2, 0.25) is 0 Å². The molecule has 21 heavy (non-hydrogen) atoms. The molecule has 0 amide bonds. The Morgan fingerprint density at radius 1 is 1.29 bits per heavy atom. The Morgan fingerprint density at radius 2 is 1.90 bits per heavy atom. The maximum atomic E-state index is 13.0. The van der Waals surface area contributed by atoms with Gasteiger partial charge >= 0.3 is 18.9 Å². The van der Waals surface area contributed by atoms with Crippen LogP contribution in [0.5, 0.6) is 5.75 Å². The summed E-state index contributed by atoms with van der Waals surface area (Å²) in [5.74, 6) is -0.828. The van der Waals surface area contributed by atoms with Gasteiger partial charge in [-0.2, -0.15) is 0 Å². The van der Waals surface area contributed by atoms with Gasteiger partial charge in [-0.25, -0.2) is 0 Å². The molecule has 0 saturated carbocycles. The van der Waals surface area contributed by atoms with E-state index in [2.05, 4.69) is 0 Å². The summed E-state index contributed by atoms with van der Waals surface area (Å²) in [5.41, 5.74) is 1.87. The second-order valence-corrected chi connectivity index (χ2v) is 4.77. The first-order chi connectivity index (χ1) is 9.62. The molecule has 1 aromatic carbocycles. The van der Waals surface area contributed by atoms with Crippen molar-refractivity contribution in [2.24, 2.45) is 5.92 Å². The molecule has 0 aromatic heterocycles. The molecular weight excluding hydrogens is 261 g/mol. The molecule has 2 atom stereocenters. The Hall–Kier alpha value is -0.923. The Morgan fingerprint density at radius 3 is 2.33 bits per heavy atom. The average Bonchev–Trinajstić information content (AvgIpc) is 2.46. The quantitative estimate of drug-likeness (QED) is 0.540. The zero-order valence-electron chi connectivity index (χ0n) is 13.6. The van der Waals surface area contributed by atoms with Crippen molar-refractivity contribution in [2.45, 2.75) is 33.1 Å². The summed E-state index contributed by atoms with van der Waals surface area (Å²) in [6.45, 7) is 6.24. The summed E-state index contributed by atoms with van der Waals surface area (Å²) in [6, 6.07) is 7.49. The second kappa shape index (κ2) is 7.37. The van der Waals surface area contributed by atoms with Crippen molar-refractivity contribution in [3.8, 4) is 5.75 Å². The van der Waals surface area contributed by atoms with Gasteiger partial charge in [0.2, 0.25) is 0 Å². The molecule has 0 bridgehead atoms. The first-order valence-corrected chi connectivity index (χ1v) is 7.07. The van der Waals surface area contributed by atoms with Crippen LogP contribution in [0.1, 0.15) is 27.2 Å². The predicted molar refractivity (Wildman–Crippen MR) is 77.4 cm³/mol. The van der Waals surface area contributed by atoms with E-state index >= 15 is 0 Å². The molecule has 110 valence electrons. The Bertz CT molecular complexity index is 489. The summed E-state index contributed by atoms with van der Waals surface area (Å²) < 4.78 is 10.7. The van der Waals surface area contributed by atoms with Crippen LogP contribution in [-0.4, -0.2) is 19.6 Å². The van der Waals surface area contributed by atoms with Crippen molar-refractivity contribution in [3.05, 3.63) is 36.0 Å². The first-order valence-electron chi connectivity index (χ1n) is 7.07. The number of hydrogen-bond donors (Lipinski definition) is 0. The molecule has 0 spiro atoms. The third kappa shape index (κ3) is 3.00. The maximum Gasteiger partial charge on any atom is 1.00 e. The van der Waals surface area contributed by atoms with Crippen molar-refractivity contribution in [1.82, 2.24) is 0 Å². The van der Waals surface area contributed by atoms with E-state index in [1.54, 1.807) is 12.0 Å². The fourth-order valence-corrected chi connectivity index (χ4v) is 2.84. The standard InChI is InChI=1S/C16H22NO3.Li/c1-5-14-15(6-2)17(16(14,18)20-7-3)12-8-10-13(19-4)11-9-12;/h6,8-11,14H,5,7H2,1-4H3;/q-1;+1/b15-6-;. The van der Waals surface area contributed by atoms with Crippen LogP contribution in [0.3, 0.4) is 0 Å². The zero-order chi connectivity index (χ0) is 14.8. The van der Waals surface area contributed by atoms with Gasteiger partial charge in [0.15, 0.2) is 0 Å². The largest absolute Gasteiger partial charge is 1.00 e. The van der Waals surface area contributed by atoms with E-state index in [1.807, 2.05) is 51.1 Å². The Labute approximate surface area is 138 Å². The number of ether oxygens (including phenoxy) is 2. The van der Waals surface area contributed by atoms with Crippen LogP contribution in [-0.2, 0) is 4.74 Å². The summed E-state index contributed by atoms with van der Waals surface area (Å²) in [4.78, 5) is 1.74. The molecule has 1 aliphatic rings. The minimum Gasteiger partial charge on any atom is -0.811 e. The number of allylic oxidation sites excluding steroid dienone is 1. The average molecular weight is 283 g/mol. The van der Waals surface area contributed by atoms with Crippen molar-refractivity contribution in [2.75, 3.05) is 18.6 Å². The third-order valence-corrected chi connectivity index (χ3v) is 3.75. The molecule has 2 rings (SSSR count). The Kier molecular flexibility index (Phi) is 6.36. The molecule has 1 aliphatic heterocycles. The zero-order valence-corrected chi connectivity index (χ0v) is 13.6. The van der Waals surface area contributed by atoms with Crippen LogP contribution in [0.25, 0.3) is 0 Å². The molecular formula is C16H22LiNO3. The number of nitrogens with zero attached hydrogens (tertiary/aromatic N) is 1. The molecule has 1 aromatic rings. The van der Waals surface area contributed by atoms with Crippen LogP contribution in [0.15, 0.2) is 36.0 Å². The molecule has 5 heteroatoms. The summed E-state index contributed by atoms with van der Waals surface area (Å²) in [7, 11) is 1.63. The molecule has 0 radical (unpaired) electrons. The van der Waals surface area contributed by atoms with Gasteiger partial charge in [0.25, 0.3) is 0 Å². The van der Waals surface area contributed by atoms with Gasteiger partial charge in [-0.3, -0.25) is 0 Å². The van der Waals surface area contributed by atoms with E-state index in [4.69, 9.17) is 9.47 Å². The molecule has 4 nitrogen and oxygen atoms in total. The van der Waals surface area contributed by atoms with E-state index in [-0.39, 0.29) is 24.8 Å². The van der Waals surface area contributed by atoms with Gasteiger partial charge in [0.05, 0.1) is 13.0 Å². The van der Waals surface area contributed by atoms with Crippen molar-refractivity contribution in [1.29, 1.82) is 0 Å². The summed E-state index contributed by atoms with van der Waals surface area (Å²) in [6.07, 6.45) is 2.77. The summed E-state index contributed by atoms with van der Waals surface area (Å²) in [5, 5.41) is 13.0. The van der Waals surface area contributed by atoms with Crippen molar-refractivity contribution in [3.63, 3.8) is 0 Å². The maximum absolute atomic E-state index is 13.0. The van der Waals surface area contributed by atoms with Crippen molar-refractivity contribution < 1.29 is 33.4 Å². The number of methoxy groups -OCH3 is 1. The van der Waals surface area contributed by atoms with E-state index in [1.165, 1.54) is 0 Å². The van der Waals surface area contributed by atoms with E-state index in [0.717, 1.165) is 23.6 Å². The third-order valence-electron chi connectivity index (χ3n) is 3.75. The molecule has 1 fully saturated rings. The van der Waals surface area contributed by atoms with Gasteiger partial charge in [0, 0.05) is 23.9 Å². The fourth-order valence-electron chi connectivity index (χ4n) is 2.84. The molecule has 1 heterocycles. The Balaban J connectivity index is 0.00000220. The molecule has 1 saturated heterocycles. The van der Waals surface area contributed by atoms with Gasteiger partial charge in [-0.15, -0.1) is 0 Å². The van der Waals surface area contributed by atoms with Crippen LogP contribution in [0, 0.1) is 5.92 Å². The monoisotopic (exact) mass is 283 g/mol. The number of hydrogen-bond acceptors (Lipinski definition) is 4. The van der Waals surface area contributed by atoms with Crippen molar-refractivity contribution >= 4 is 5.69 Å². The van der Waals surface area contributed by atoms with E-state index in [9.17, 15) is 5.11 Å². The molecule has 0 aliphatic carbocycles. The SMILES string of the molecule is C/C=C1/C(CC)C([O-])(OCC)N1c1ccc(OC)cc1.[Li+]. The first kappa shape index (κ1) is 18.1. The summed E-state index contributed by atoms with van der Waals surface area (Å²) >= 11 is 0. The predicted octanol–water partition coefficient (Wildman–Crippen LogP) is -0.500. The fraction of sp³-hybridized carbons (Fsp3) is 0.500. The van der Waals surface area contributed by atoms with Crippen LogP contribution < -0.4 is 33.6 Å². The van der Waals surface area contributed by atoms with Gasteiger partial charge in [-0.1, -0.05) is 13.0 Å². The van der Waals surface area contributed by atoms with Crippen LogP contribution >= 0.6 is 0 Å². The topological polar surface area (TPSA) is 44.8 Å². The smallest absolute Gasteiger partial charge is 0.811 e. The number of anilines is 1. The number of rotatable bonds is 5. The molecule has 2 unspecified atom stereocenters. The van der Waals surface area contributed by atoms with Gasteiger partial charge in [0.1, 0.15) is 5.75 Å². The molecule has 0 N–H and O–H groups in total. The number of benzene rings is 1. The minimum atomic E-state index is -1.50. The minimum absolute atomic E-state index is 0. The van der Waals surface area contributed by atoms with Gasteiger partial charge in [-0.05, 0) is 44.5 Å².